The van der Waals surface area contributed by atoms with Crippen LogP contribution < -0.4 is 9.91 Å². The molecule has 2 heterocycles. The zero-order valence-electron chi connectivity index (χ0n) is 22.4. The molecule has 2 aromatic rings. The monoisotopic (exact) mass is 628 g/mol. The van der Waals surface area contributed by atoms with Gasteiger partial charge in [-0.25, -0.2) is 17.2 Å². The molecule has 0 bridgehead atoms. The maximum Gasteiger partial charge on any atom is 0.431 e. The van der Waals surface area contributed by atoms with E-state index in [9.17, 15) is 48.6 Å². The molecule has 4 rings (SSSR count). The Bertz CT molecular complexity index is 1410. The Morgan fingerprint density at radius 2 is 1.52 bits per heavy atom. The number of aliphatic hydroxyl groups is 1. The average molecular weight is 629 g/mol. The lowest BCUT2D eigenvalue weighted by atomic mass is 9.90. The Labute approximate surface area is 237 Å². The van der Waals surface area contributed by atoms with Crippen LogP contribution >= 0.6 is 0 Å². The fourth-order valence-electron chi connectivity index (χ4n) is 4.98. The van der Waals surface area contributed by atoms with E-state index in [-0.39, 0.29) is 12.1 Å². The quantitative estimate of drug-likeness (QED) is 0.435. The lowest BCUT2D eigenvalue weighted by Crippen LogP contribution is -2.62. The Kier molecular flexibility index (Phi) is 8.57. The predicted octanol–water partition coefficient (Wildman–Crippen LogP) is 5.38. The molecule has 1 atom stereocenters. The molecule has 7 nitrogen and oxygen atoms in total. The van der Waals surface area contributed by atoms with Gasteiger partial charge in [-0.15, -0.1) is 0 Å². The van der Waals surface area contributed by atoms with Crippen molar-refractivity contribution in [2.45, 2.75) is 55.9 Å². The van der Waals surface area contributed by atoms with Gasteiger partial charge in [0.05, 0.1) is 22.7 Å². The Balaban J connectivity index is 1.66. The molecule has 2 aliphatic heterocycles. The summed E-state index contributed by atoms with van der Waals surface area (Å²) in [5, 5.41) is 13.3. The SMILES string of the molecule is CC(C)S(=O)(=O)N1CCCN(c2ccc(C3CC(C(O)(C(F)(F)F)C(F)(F)F)=NN3c3ccc(F)cc3F)cc2)CC1. The van der Waals surface area contributed by atoms with Crippen LogP contribution in [0.1, 0.15) is 38.3 Å². The number of hydrogen-bond donors (Lipinski definition) is 1. The minimum Gasteiger partial charge on any atom is -0.370 e. The molecule has 0 saturated carbocycles. The molecule has 0 amide bonds. The molecular weight excluding hydrogens is 600 g/mol. The van der Waals surface area contributed by atoms with Gasteiger partial charge in [0.1, 0.15) is 5.82 Å². The van der Waals surface area contributed by atoms with Gasteiger partial charge >= 0.3 is 12.4 Å². The molecule has 232 valence electrons. The summed E-state index contributed by atoms with van der Waals surface area (Å²) >= 11 is 0. The first-order valence-electron chi connectivity index (χ1n) is 12.9. The maximum atomic E-state index is 14.7. The highest BCUT2D eigenvalue weighted by molar-refractivity contribution is 7.89. The summed E-state index contributed by atoms with van der Waals surface area (Å²) in [4.78, 5) is 1.89. The van der Waals surface area contributed by atoms with Gasteiger partial charge < -0.3 is 10.0 Å². The molecule has 1 N–H and O–H groups in total. The summed E-state index contributed by atoms with van der Waals surface area (Å²) < 4.78 is 137. The lowest BCUT2D eigenvalue weighted by molar-refractivity contribution is -0.338. The number of halogens is 8. The van der Waals surface area contributed by atoms with Crippen molar-refractivity contribution in [1.82, 2.24) is 4.31 Å². The number of sulfonamides is 1. The van der Waals surface area contributed by atoms with E-state index >= 15 is 0 Å². The zero-order chi connectivity index (χ0) is 31.3. The van der Waals surface area contributed by atoms with E-state index in [4.69, 9.17) is 0 Å². The molecule has 0 aromatic heterocycles. The second kappa shape index (κ2) is 11.3. The van der Waals surface area contributed by atoms with Crippen molar-refractivity contribution in [1.29, 1.82) is 0 Å². The van der Waals surface area contributed by atoms with E-state index in [1.54, 1.807) is 26.0 Å². The number of nitrogens with zero attached hydrogens (tertiary/aromatic N) is 4. The minimum atomic E-state index is -6.19. The van der Waals surface area contributed by atoms with Gasteiger partial charge in [-0.05, 0) is 50.1 Å². The van der Waals surface area contributed by atoms with Gasteiger partial charge in [-0.3, -0.25) is 5.01 Å². The number of anilines is 2. The topological polar surface area (TPSA) is 76.5 Å². The molecule has 2 aliphatic rings. The third-order valence-electron chi connectivity index (χ3n) is 7.36. The van der Waals surface area contributed by atoms with E-state index in [2.05, 4.69) is 5.10 Å². The van der Waals surface area contributed by atoms with Crippen LogP contribution in [0.2, 0.25) is 0 Å². The number of benzene rings is 2. The zero-order valence-corrected chi connectivity index (χ0v) is 23.2. The fraction of sp³-hybridized carbons (Fsp3) is 0.500. The molecule has 1 saturated heterocycles. The summed E-state index contributed by atoms with van der Waals surface area (Å²) in [6, 6.07) is 6.53. The van der Waals surface area contributed by atoms with Gasteiger partial charge in [0.15, 0.2) is 5.82 Å². The van der Waals surface area contributed by atoms with Gasteiger partial charge in [0.25, 0.3) is 5.60 Å². The maximum absolute atomic E-state index is 14.7. The van der Waals surface area contributed by atoms with E-state index in [0.717, 1.165) is 12.1 Å². The van der Waals surface area contributed by atoms with Crippen LogP contribution in [0.3, 0.4) is 0 Å². The van der Waals surface area contributed by atoms with Crippen LogP contribution in [-0.4, -0.2) is 72.9 Å². The second-order valence-corrected chi connectivity index (χ2v) is 12.8. The van der Waals surface area contributed by atoms with Crippen LogP contribution in [0.25, 0.3) is 0 Å². The third kappa shape index (κ3) is 5.80. The van der Waals surface area contributed by atoms with Crippen molar-refractivity contribution in [3.63, 3.8) is 0 Å². The normalized spacial score (nSPS) is 19.8. The molecule has 0 radical (unpaired) electrons. The highest BCUT2D eigenvalue weighted by Gasteiger charge is 2.74. The third-order valence-corrected chi connectivity index (χ3v) is 9.63. The summed E-state index contributed by atoms with van der Waals surface area (Å²) in [5.41, 5.74) is -6.84. The number of alkyl halides is 6. The Morgan fingerprint density at radius 1 is 0.905 bits per heavy atom. The van der Waals surface area contributed by atoms with E-state index in [0.29, 0.717) is 42.8 Å². The van der Waals surface area contributed by atoms with Gasteiger partial charge in [-0.2, -0.15) is 35.7 Å². The van der Waals surface area contributed by atoms with Crippen LogP contribution in [0.5, 0.6) is 0 Å². The van der Waals surface area contributed by atoms with Crippen molar-refractivity contribution in [2.75, 3.05) is 36.1 Å². The van der Waals surface area contributed by atoms with Crippen molar-refractivity contribution in [3.05, 3.63) is 59.7 Å². The first-order valence-corrected chi connectivity index (χ1v) is 14.4. The van der Waals surface area contributed by atoms with Crippen LogP contribution in [-0.2, 0) is 10.0 Å². The molecule has 1 unspecified atom stereocenters. The molecular formula is C26H28F8N4O3S. The summed E-state index contributed by atoms with van der Waals surface area (Å²) in [5.74, 6) is -2.31. The number of hydrogen-bond acceptors (Lipinski definition) is 6. The standard InChI is InChI=1S/C26H28F8N4O3S/c1-16(2)42(40,41)37-11-3-10-36(12-13-37)19-7-4-17(5-8-19)22-15-23(24(39,25(29,30)31)26(32,33)34)35-38(22)21-9-6-18(27)14-20(21)28/h4-9,14,16,22,39H,3,10-13,15H2,1-2H3. The van der Waals surface area contributed by atoms with Crippen LogP contribution in [0, 0.1) is 11.6 Å². The first-order chi connectivity index (χ1) is 19.4. The number of hydrazone groups is 1. The molecule has 1 fully saturated rings. The first kappa shape index (κ1) is 31.9. The van der Waals surface area contributed by atoms with Crippen molar-refractivity contribution >= 4 is 27.1 Å². The van der Waals surface area contributed by atoms with Crippen molar-refractivity contribution in [2.24, 2.45) is 5.10 Å². The Hall–Kier alpha value is -2.98. The van der Waals surface area contributed by atoms with Crippen molar-refractivity contribution in [3.8, 4) is 0 Å². The highest BCUT2D eigenvalue weighted by atomic mass is 32.2. The second-order valence-electron chi connectivity index (χ2n) is 10.3. The van der Waals surface area contributed by atoms with Gasteiger partial charge in [-0.1, -0.05) is 12.1 Å². The summed E-state index contributed by atoms with van der Waals surface area (Å²) in [7, 11) is -3.47. The number of rotatable bonds is 6. The van der Waals surface area contributed by atoms with Crippen LogP contribution in [0.15, 0.2) is 47.6 Å². The predicted molar refractivity (Wildman–Crippen MR) is 140 cm³/mol. The molecule has 0 aliphatic carbocycles. The Morgan fingerprint density at radius 3 is 2.07 bits per heavy atom. The molecule has 0 spiro atoms. The molecule has 16 heteroatoms. The summed E-state index contributed by atoms with van der Waals surface area (Å²) in [6.45, 7) is 4.51. The van der Waals surface area contributed by atoms with Gasteiger partial charge in [0.2, 0.25) is 10.0 Å². The van der Waals surface area contributed by atoms with E-state index in [1.165, 1.54) is 16.4 Å². The van der Waals surface area contributed by atoms with E-state index < -0.39 is 68.7 Å². The average Bonchev–Trinajstić information content (AvgIpc) is 3.16. The largest absolute Gasteiger partial charge is 0.431 e. The van der Waals surface area contributed by atoms with Crippen LogP contribution in [0.4, 0.5) is 46.5 Å². The van der Waals surface area contributed by atoms with Gasteiger partial charge in [0, 0.05) is 44.4 Å². The molecule has 42 heavy (non-hydrogen) atoms. The fourth-order valence-corrected chi connectivity index (χ4v) is 6.29. The smallest absolute Gasteiger partial charge is 0.370 e. The minimum absolute atomic E-state index is 0.145. The molecule has 2 aromatic carbocycles. The lowest BCUT2D eigenvalue weighted by Gasteiger charge is -2.32. The summed E-state index contributed by atoms with van der Waals surface area (Å²) in [6.07, 6.45) is -12.9. The highest BCUT2D eigenvalue weighted by Crippen LogP contribution is 2.49. The van der Waals surface area contributed by atoms with Crippen molar-refractivity contribution < 1.29 is 48.6 Å². The van der Waals surface area contributed by atoms with E-state index in [1.807, 2.05) is 4.90 Å².